The van der Waals surface area contributed by atoms with E-state index >= 15 is 0 Å². The molecule has 3 heteroatoms. The molecular weight excluding hydrogens is 156 g/mol. The van der Waals surface area contributed by atoms with Crippen LogP contribution in [0.25, 0.3) is 0 Å². The van der Waals surface area contributed by atoms with E-state index in [1.807, 2.05) is 0 Å². The minimum atomic E-state index is -0.404. The van der Waals surface area contributed by atoms with Crippen molar-refractivity contribution in [2.75, 3.05) is 13.2 Å². The van der Waals surface area contributed by atoms with Gasteiger partial charge in [-0.2, -0.15) is 0 Å². The molecule has 0 saturated carbocycles. The van der Waals surface area contributed by atoms with E-state index < -0.39 is 6.10 Å². The van der Waals surface area contributed by atoms with Gasteiger partial charge in [-0.05, 0) is 5.92 Å². The molecule has 1 N–H and O–H groups in total. The first-order chi connectivity index (χ1) is 5.70. The van der Waals surface area contributed by atoms with Gasteiger partial charge in [0.2, 0.25) is 0 Å². The summed E-state index contributed by atoms with van der Waals surface area (Å²) in [5.74, 6) is 1.04. The maximum atomic E-state index is 9.45. The average molecular weight is 172 g/mol. The first kappa shape index (κ1) is 8.48. The van der Waals surface area contributed by atoms with Crippen LogP contribution >= 0.6 is 0 Å². The Morgan fingerprint density at radius 3 is 2.50 bits per heavy atom. The molecule has 70 valence electrons. The Morgan fingerprint density at radius 1 is 1.17 bits per heavy atom. The number of hydrogen-bond acceptors (Lipinski definition) is 3. The molecule has 2 saturated heterocycles. The molecule has 2 fully saturated rings. The van der Waals surface area contributed by atoms with Crippen molar-refractivity contribution in [2.24, 2.45) is 11.8 Å². The highest BCUT2D eigenvalue weighted by molar-refractivity contribution is 4.94. The van der Waals surface area contributed by atoms with Gasteiger partial charge in [-0.25, -0.2) is 0 Å². The number of fused-ring (bicyclic) bond motifs is 1. The van der Waals surface area contributed by atoms with E-state index in [0.717, 1.165) is 6.61 Å². The van der Waals surface area contributed by atoms with Gasteiger partial charge >= 0.3 is 0 Å². The Morgan fingerprint density at radius 2 is 1.83 bits per heavy atom. The third-order valence-corrected chi connectivity index (χ3v) is 2.92. The van der Waals surface area contributed by atoms with Crippen LogP contribution in [0.5, 0.6) is 0 Å². The lowest BCUT2D eigenvalue weighted by atomic mass is 9.90. The molecule has 2 heterocycles. The van der Waals surface area contributed by atoms with Crippen LogP contribution in [0.1, 0.15) is 13.8 Å². The highest BCUT2D eigenvalue weighted by Gasteiger charge is 2.47. The second-order valence-electron chi connectivity index (χ2n) is 4.07. The van der Waals surface area contributed by atoms with Gasteiger partial charge in [-0.1, -0.05) is 13.8 Å². The second-order valence-corrected chi connectivity index (χ2v) is 4.07. The van der Waals surface area contributed by atoms with E-state index in [1.165, 1.54) is 0 Å². The van der Waals surface area contributed by atoms with E-state index in [1.54, 1.807) is 0 Å². The molecule has 2 aliphatic rings. The van der Waals surface area contributed by atoms with Crippen LogP contribution < -0.4 is 0 Å². The Balaban J connectivity index is 2.05. The van der Waals surface area contributed by atoms with Gasteiger partial charge in [0.1, 0.15) is 12.2 Å². The van der Waals surface area contributed by atoms with Crippen LogP contribution in [-0.4, -0.2) is 36.6 Å². The molecule has 0 bridgehead atoms. The molecular formula is C9H16O3. The van der Waals surface area contributed by atoms with Gasteiger partial charge in [-0.15, -0.1) is 0 Å². The maximum absolute atomic E-state index is 9.45. The molecule has 0 aromatic rings. The number of hydrogen-bond donors (Lipinski definition) is 1. The molecule has 0 aromatic carbocycles. The lowest BCUT2D eigenvalue weighted by Gasteiger charge is -2.18. The van der Waals surface area contributed by atoms with Crippen molar-refractivity contribution in [3.05, 3.63) is 0 Å². The van der Waals surface area contributed by atoms with Crippen molar-refractivity contribution < 1.29 is 14.6 Å². The Labute approximate surface area is 72.7 Å². The summed E-state index contributed by atoms with van der Waals surface area (Å²) in [6.45, 7) is 5.53. The number of ether oxygens (including phenoxy) is 2. The molecule has 0 aromatic heterocycles. The van der Waals surface area contributed by atoms with Crippen LogP contribution in [0.2, 0.25) is 0 Å². The fraction of sp³-hybridized carbons (Fsp3) is 1.00. The normalized spacial score (nSPS) is 47.0. The third-order valence-electron chi connectivity index (χ3n) is 2.92. The summed E-state index contributed by atoms with van der Waals surface area (Å²) >= 11 is 0. The van der Waals surface area contributed by atoms with E-state index in [2.05, 4.69) is 13.8 Å². The van der Waals surface area contributed by atoms with Crippen molar-refractivity contribution in [1.82, 2.24) is 0 Å². The monoisotopic (exact) mass is 172 g/mol. The van der Waals surface area contributed by atoms with Crippen molar-refractivity contribution >= 4 is 0 Å². The molecule has 2 aliphatic heterocycles. The van der Waals surface area contributed by atoms with E-state index in [-0.39, 0.29) is 12.2 Å². The van der Waals surface area contributed by atoms with Gasteiger partial charge in [0.25, 0.3) is 0 Å². The summed E-state index contributed by atoms with van der Waals surface area (Å²) in [6.07, 6.45) is -0.323. The number of rotatable bonds is 1. The highest BCUT2D eigenvalue weighted by atomic mass is 16.6. The molecule has 12 heavy (non-hydrogen) atoms. The summed E-state index contributed by atoms with van der Waals surface area (Å²) in [4.78, 5) is 0. The van der Waals surface area contributed by atoms with Gasteiger partial charge in [0.05, 0.1) is 19.3 Å². The molecule has 3 nitrogen and oxygen atoms in total. The van der Waals surface area contributed by atoms with Crippen molar-refractivity contribution in [3.8, 4) is 0 Å². The van der Waals surface area contributed by atoms with Crippen LogP contribution in [-0.2, 0) is 9.47 Å². The zero-order valence-electron chi connectivity index (χ0n) is 7.56. The minimum absolute atomic E-state index is 0.0580. The topological polar surface area (TPSA) is 38.7 Å². The van der Waals surface area contributed by atoms with Crippen molar-refractivity contribution in [1.29, 1.82) is 0 Å². The summed E-state index contributed by atoms with van der Waals surface area (Å²) in [7, 11) is 0. The highest BCUT2D eigenvalue weighted by Crippen LogP contribution is 2.34. The summed E-state index contributed by atoms with van der Waals surface area (Å²) in [5, 5.41) is 9.45. The smallest absolute Gasteiger partial charge is 0.112 e. The van der Waals surface area contributed by atoms with Crippen LogP contribution in [0, 0.1) is 11.8 Å². The van der Waals surface area contributed by atoms with Crippen molar-refractivity contribution in [2.45, 2.75) is 32.2 Å². The van der Waals surface area contributed by atoms with E-state index in [0.29, 0.717) is 18.4 Å². The van der Waals surface area contributed by atoms with Gasteiger partial charge < -0.3 is 14.6 Å². The second kappa shape index (κ2) is 2.98. The zero-order valence-corrected chi connectivity index (χ0v) is 7.56. The van der Waals surface area contributed by atoms with Crippen LogP contribution in [0.15, 0.2) is 0 Å². The Bertz CT molecular complexity index is 169. The van der Waals surface area contributed by atoms with Crippen LogP contribution in [0.3, 0.4) is 0 Å². The molecule has 0 radical (unpaired) electrons. The lowest BCUT2D eigenvalue weighted by molar-refractivity contribution is 0.0153. The largest absolute Gasteiger partial charge is 0.388 e. The van der Waals surface area contributed by atoms with Crippen molar-refractivity contribution in [3.63, 3.8) is 0 Å². The summed E-state index contributed by atoms with van der Waals surface area (Å²) in [6, 6.07) is 0. The fourth-order valence-electron chi connectivity index (χ4n) is 2.08. The zero-order chi connectivity index (χ0) is 8.72. The molecule has 0 spiro atoms. The van der Waals surface area contributed by atoms with E-state index in [4.69, 9.17) is 9.47 Å². The quantitative estimate of drug-likeness (QED) is 0.623. The number of aliphatic hydroxyl groups excluding tert-OH is 1. The minimum Gasteiger partial charge on any atom is -0.388 e. The van der Waals surface area contributed by atoms with Gasteiger partial charge in [-0.3, -0.25) is 0 Å². The first-order valence-electron chi connectivity index (χ1n) is 4.61. The van der Waals surface area contributed by atoms with Gasteiger partial charge in [0, 0.05) is 5.92 Å². The average Bonchev–Trinajstić information content (AvgIpc) is 2.53. The Hall–Kier alpha value is -0.120. The number of aliphatic hydroxyl groups is 1. The maximum Gasteiger partial charge on any atom is 0.112 e. The van der Waals surface area contributed by atoms with Gasteiger partial charge in [0.15, 0.2) is 0 Å². The van der Waals surface area contributed by atoms with Crippen LogP contribution in [0.4, 0.5) is 0 Å². The van der Waals surface area contributed by atoms with E-state index in [9.17, 15) is 5.11 Å². The lowest BCUT2D eigenvalue weighted by Crippen LogP contribution is -2.30. The molecule has 4 atom stereocenters. The molecule has 0 aliphatic carbocycles. The SMILES string of the molecule is CC(C)[C@H]1CO[C@H]2[C@@H]1OC[C@H]2O. The first-order valence-corrected chi connectivity index (χ1v) is 4.61. The molecule has 0 unspecified atom stereocenters. The predicted molar refractivity (Wildman–Crippen MR) is 43.8 cm³/mol. The Kier molecular flexibility index (Phi) is 2.10. The summed E-state index contributed by atoms with van der Waals surface area (Å²) < 4.78 is 11.0. The standard InChI is InChI=1S/C9H16O3/c1-5(2)6-3-11-9-7(10)4-12-8(6)9/h5-10H,3-4H2,1-2H3/t6-,7-,8-,9-/m1/s1. The summed E-state index contributed by atoms with van der Waals surface area (Å²) in [5.41, 5.74) is 0. The third kappa shape index (κ3) is 1.16. The molecule has 2 rings (SSSR count). The fourth-order valence-corrected chi connectivity index (χ4v) is 2.08. The molecule has 0 amide bonds. The predicted octanol–water partition coefficient (Wildman–Crippen LogP) is 0.417.